The van der Waals surface area contributed by atoms with E-state index in [1.54, 1.807) is 11.0 Å². The molecule has 3 fully saturated rings. The van der Waals surface area contributed by atoms with Gasteiger partial charge >= 0.3 is 12.1 Å². The van der Waals surface area contributed by atoms with Crippen LogP contribution in [-0.2, 0) is 15.8 Å². The Labute approximate surface area is 149 Å². The van der Waals surface area contributed by atoms with Crippen molar-refractivity contribution in [3.05, 3.63) is 35.4 Å². The first-order valence-electron chi connectivity index (χ1n) is 8.94. The summed E-state index contributed by atoms with van der Waals surface area (Å²) in [7, 11) is 0. The normalized spacial score (nSPS) is 31.1. The van der Waals surface area contributed by atoms with Gasteiger partial charge in [-0.3, -0.25) is 9.59 Å². The number of carbonyl (C=O) groups excluding carboxylic acids is 1. The number of benzene rings is 1. The second-order valence-electron chi connectivity index (χ2n) is 7.76. The van der Waals surface area contributed by atoms with Crippen LogP contribution in [0.3, 0.4) is 0 Å². The molecule has 1 amide bonds. The first-order valence-corrected chi connectivity index (χ1v) is 8.94. The number of alkyl halides is 3. The van der Waals surface area contributed by atoms with E-state index in [4.69, 9.17) is 0 Å². The zero-order valence-electron chi connectivity index (χ0n) is 14.1. The molecule has 0 spiro atoms. The average molecular weight is 367 g/mol. The summed E-state index contributed by atoms with van der Waals surface area (Å²) in [5.74, 6) is -1.60. The fourth-order valence-electron chi connectivity index (χ4n) is 4.29. The Kier molecular flexibility index (Phi) is 4.00. The van der Waals surface area contributed by atoms with E-state index < -0.39 is 23.6 Å². The molecule has 140 valence electrons. The van der Waals surface area contributed by atoms with E-state index in [-0.39, 0.29) is 30.2 Å². The summed E-state index contributed by atoms with van der Waals surface area (Å²) in [4.78, 5) is 25.8. The molecule has 3 aliphatic rings. The van der Waals surface area contributed by atoms with E-state index in [0.717, 1.165) is 25.0 Å². The van der Waals surface area contributed by atoms with Gasteiger partial charge in [0.2, 0.25) is 5.91 Å². The third-order valence-corrected chi connectivity index (χ3v) is 5.97. The number of carbonyl (C=O) groups is 2. The molecular weight excluding hydrogens is 347 g/mol. The molecule has 7 heteroatoms. The van der Waals surface area contributed by atoms with Crippen LogP contribution in [0.25, 0.3) is 0 Å². The van der Waals surface area contributed by atoms with Crippen molar-refractivity contribution in [2.24, 2.45) is 23.7 Å². The summed E-state index contributed by atoms with van der Waals surface area (Å²) in [5, 5.41) is 9.41. The van der Waals surface area contributed by atoms with Crippen molar-refractivity contribution >= 4 is 11.9 Å². The van der Waals surface area contributed by atoms with E-state index in [0.29, 0.717) is 24.4 Å². The highest BCUT2D eigenvalue weighted by atomic mass is 19.4. The predicted octanol–water partition coefficient (Wildman–Crippen LogP) is 3.38. The number of nitrogens with zero attached hydrogens (tertiary/aromatic N) is 1. The lowest BCUT2D eigenvalue weighted by atomic mass is 9.92. The molecule has 0 bridgehead atoms. The van der Waals surface area contributed by atoms with Gasteiger partial charge in [0.1, 0.15) is 0 Å². The molecule has 1 heterocycles. The van der Waals surface area contributed by atoms with Gasteiger partial charge in [0, 0.05) is 19.0 Å². The van der Waals surface area contributed by atoms with E-state index in [2.05, 4.69) is 0 Å². The molecule has 26 heavy (non-hydrogen) atoms. The summed E-state index contributed by atoms with van der Waals surface area (Å²) in [6.45, 7) is 0.688. The Morgan fingerprint density at radius 3 is 2.46 bits per heavy atom. The molecule has 2 saturated carbocycles. The standard InChI is InChI=1S/C19H20F3NO3/c20-19(21,22)12-3-1-2-11(6-12)13-7-14(13)17(24)23-8-15(10-4-5-10)16(9-23)18(25)26/h1-3,6,10,13-16H,4-5,7-9H2,(H,25,26)/t13?,14?,15-,16+/m1/s1. The van der Waals surface area contributed by atoms with Gasteiger partial charge in [0.15, 0.2) is 0 Å². The number of likely N-dealkylation sites (tertiary alicyclic amines) is 1. The molecule has 2 unspecified atom stereocenters. The van der Waals surface area contributed by atoms with E-state index in [9.17, 15) is 27.9 Å². The van der Waals surface area contributed by atoms with Gasteiger partial charge in [-0.25, -0.2) is 0 Å². The molecule has 0 aromatic heterocycles. The van der Waals surface area contributed by atoms with Crippen LogP contribution >= 0.6 is 0 Å². The number of amides is 1. The Bertz CT molecular complexity index is 744. The van der Waals surface area contributed by atoms with Crippen molar-refractivity contribution in [3.63, 3.8) is 0 Å². The highest BCUT2D eigenvalue weighted by molar-refractivity contribution is 5.84. The maximum atomic E-state index is 12.9. The van der Waals surface area contributed by atoms with E-state index >= 15 is 0 Å². The van der Waals surface area contributed by atoms with Crippen LogP contribution in [0.4, 0.5) is 13.2 Å². The van der Waals surface area contributed by atoms with Crippen LogP contribution in [0.5, 0.6) is 0 Å². The van der Waals surface area contributed by atoms with Gasteiger partial charge in [-0.1, -0.05) is 18.2 Å². The summed E-state index contributed by atoms with van der Waals surface area (Å²) < 4.78 is 38.6. The number of hydrogen-bond acceptors (Lipinski definition) is 2. The SMILES string of the molecule is O=C(O)[C@H]1CN(C(=O)C2CC2c2cccc(C(F)(F)F)c2)C[C@@H]1C1CC1. The van der Waals surface area contributed by atoms with Crippen LogP contribution in [0.15, 0.2) is 24.3 Å². The monoisotopic (exact) mass is 367 g/mol. The molecular formula is C19H20F3NO3. The molecule has 1 N–H and O–H groups in total. The number of aliphatic carboxylic acids is 1. The molecule has 4 nitrogen and oxygen atoms in total. The molecule has 1 aromatic rings. The van der Waals surface area contributed by atoms with Crippen molar-refractivity contribution in [3.8, 4) is 0 Å². The largest absolute Gasteiger partial charge is 0.481 e. The van der Waals surface area contributed by atoms with Gasteiger partial charge in [-0.15, -0.1) is 0 Å². The van der Waals surface area contributed by atoms with Gasteiger partial charge in [0.25, 0.3) is 0 Å². The van der Waals surface area contributed by atoms with Gasteiger partial charge in [-0.05, 0) is 48.6 Å². The molecule has 4 atom stereocenters. The van der Waals surface area contributed by atoms with Crippen molar-refractivity contribution in [1.82, 2.24) is 4.90 Å². The van der Waals surface area contributed by atoms with E-state index in [1.807, 2.05) is 0 Å². The Balaban J connectivity index is 1.44. The van der Waals surface area contributed by atoms with Crippen molar-refractivity contribution in [2.45, 2.75) is 31.4 Å². The van der Waals surface area contributed by atoms with Crippen molar-refractivity contribution in [1.29, 1.82) is 0 Å². The second kappa shape index (κ2) is 5.99. The lowest BCUT2D eigenvalue weighted by Gasteiger charge is -2.16. The number of carboxylic acid groups (broad SMARTS) is 1. The highest BCUT2D eigenvalue weighted by Crippen LogP contribution is 2.51. The van der Waals surface area contributed by atoms with Crippen LogP contribution in [0.1, 0.15) is 36.3 Å². The lowest BCUT2D eigenvalue weighted by Crippen LogP contribution is -2.31. The van der Waals surface area contributed by atoms with Crippen LogP contribution in [0, 0.1) is 23.7 Å². The maximum absolute atomic E-state index is 12.9. The second-order valence-corrected chi connectivity index (χ2v) is 7.76. The van der Waals surface area contributed by atoms with Crippen molar-refractivity contribution in [2.75, 3.05) is 13.1 Å². The first-order chi connectivity index (χ1) is 12.3. The number of rotatable bonds is 4. The maximum Gasteiger partial charge on any atom is 0.416 e. The molecule has 2 aliphatic carbocycles. The zero-order valence-corrected chi connectivity index (χ0v) is 14.1. The minimum atomic E-state index is -4.40. The summed E-state index contributed by atoms with van der Waals surface area (Å²) in [6.07, 6.45) is -1.83. The number of halogens is 3. The molecule has 4 rings (SSSR count). The summed E-state index contributed by atoms with van der Waals surface area (Å²) in [6, 6.07) is 5.15. The van der Waals surface area contributed by atoms with Gasteiger partial charge in [-0.2, -0.15) is 13.2 Å². The summed E-state index contributed by atoms with van der Waals surface area (Å²) >= 11 is 0. The lowest BCUT2D eigenvalue weighted by molar-refractivity contribution is -0.143. The molecule has 0 radical (unpaired) electrons. The predicted molar refractivity (Wildman–Crippen MR) is 86.2 cm³/mol. The van der Waals surface area contributed by atoms with Gasteiger partial charge < -0.3 is 10.0 Å². The number of carboxylic acids is 1. The fourth-order valence-corrected chi connectivity index (χ4v) is 4.29. The zero-order chi connectivity index (χ0) is 18.6. The third kappa shape index (κ3) is 3.19. The quantitative estimate of drug-likeness (QED) is 0.888. The topological polar surface area (TPSA) is 57.6 Å². The average Bonchev–Trinajstić information content (AvgIpc) is 3.50. The fraction of sp³-hybridized carbons (Fsp3) is 0.579. The molecule has 1 aromatic carbocycles. The van der Waals surface area contributed by atoms with Crippen LogP contribution < -0.4 is 0 Å². The van der Waals surface area contributed by atoms with E-state index in [1.165, 1.54) is 6.07 Å². The minimum Gasteiger partial charge on any atom is -0.481 e. The molecule has 1 aliphatic heterocycles. The summed E-state index contributed by atoms with van der Waals surface area (Å²) in [5.41, 5.74) is -0.167. The highest BCUT2D eigenvalue weighted by Gasteiger charge is 2.52. The number of hydrogen-bond donors (Lipinski definition) is 1. The molecule has 1 saturated heterocycles. The first kappa shape index (κ1) is 17.4. The van der Waals surface area contributed by atoms with Crippen LogP contribution in [-0.4, -0.2) is 35.0 Å². The Morgan fingerprint density at radius 1 is 1.12 bits per heavy atom. The van der Waals surface area contributed by atoms with Crippen LogP contribution in [0.2, 0.25) is 0 Å². The Hall–Kier alpha value is -2.05. The Morgan fingerprint density at radius 2 is 1.85 bits per heavy atom. The smallest absolute Gasteiger partial charge is 0.416 e. The van der Waals surface area contributed by atoms with Gasteiger partial charge in [0.05, 0.1) is 11.5 Å². The minimum absolute atomic E-state index is 0.0159. The van der Waals surface area contributed by atoms with Crippen molar-refractivity contribution < 1.29 is 27.9 Å². The third-order valence-electron chi connectivity index (χ3n) is 5.97.